The number of carbonyl (C=O) groups excluding carboxylic acids is 1. The van der Waals surface area contributed by atoms with Crippen molar-refractivity contribution in [2.75, 3.05) is 6.61 Å². The predicted molar refractivity (Wildman–Crippen MR) is 82.5 cm³/mol. The minimum Gasteiger partial charge on any atom is -0.465 e. The van der Waals surface area contributed by atoms with Gasteiger partial charge in [0.25, 0.3) is 0 Å². The number of hydrogen-bond acceptors (Lipinski definition) is 2. The van der Waals surface area contributed by atoms with Crippen molar-refractivity contribution in [3.63, 3.8) is 0 Å². The van der Waals surface area contributed by atoms with E-state index >= 15 is 0 Å². The number of hydrogen-bond donors (Lipinski definition) is 0. The van der Waals surface area contributed by atoms with Crippen LogP contribution in [0.15, 0.2) is 0 Å². The molecule has 0 aromatic heterocycles. The van der Waals surface area contributed by atoms with Crippen LogP contribution >= 0.6 is 0 Å². The fraction of sp³-hybridized carbons (Fsp3) is 0.947. The summed E-state index contributed by atoms with van der Waals surface area (Å²) < 4.78 is 5.72. The molecule has 0 aromatic carbocycles. The Balaban J connectivity index is 1.38. The first-order valence-corrected chi connectivity index (χ1v) is 9.18. The minimum atomic E-state index is -0.313. The fourth-order valence-corrected chi connectivity index (χ4v) is 6.42. The molecule has 0 spiro atoms. The second kappa shape index (κ2) is 4.73. The molecule has 4 aliphatic carbocycles. The second-order valence-electron chi connectivity index (χ2n) is 8.98. The Morgan fingerprint density at radius 2 is 1.76 bits per heavy atom. The molecule has 2 heteroatoms. The molecule has 0 N–H and O–H groups in total. The van der Waals surface area contributed by atoms with Crippen molar-refractivity contribution in [1.82, 2.24) is 0 Å². The van der Waals surface area contributed by atoms with E-state index in [-0.39, 0.29) is 11.4 Å². The van der Waals surface area contributed by atoms with E-state index in [1.54, 1.807) is 0 Å². The van der Waals surface area contributed by atoms with Crippen molar-refractivity contribution < 1.29 is 9.53 Å². The number of carbonyl (C=O) groups is 1. The third-order valence-corrected chi connectivity index (χ3v) is 7.74. The summed E-state index contributed by atoms with van der Waals surface area (Å²) in [4.78, 5) is 12.2. The maximum atomic E-state index is 12.2. The summed E-state index contributed by atoms with van der Waals surface area (Å²) in [5.41, 5.74) is -0.313. The standard InChI is InChI=1S/C19H30O2/c1-4-19(2,3)18(20)21-10-14-8-13-9-15(14)17-12-6-5-11(7-12)16(13)17/h11-17H,4-10H2,1-3H3. The lowest BCUT2D eigenvalue weighted by molar-refractivity contribution is -0.156. The van der Waals surface area contributed by atoms with Crippen LogP contribution in [0, 0.1) is 46.8 Å². The monoisotopic (exact) mass is 290 g/mol. The Morgan fingerprint density at radius 1 is 1.05 bits per heavy atom. The molecule has 0 aromatic rings. The third kappa shape index (κ3) is 2.00. The van der Waals surface area contributed by atoms with Gasteiger partial charge in [0.15, 0.2) is 0 Å². The molecule has 2 nitrogen and oxygen atoms in total. The van der Waals surface area contributed by atoms with Crippen LogP contribution in [0.4, 0.5) is 0 Å². The quantitative estimate of drug-likeness (QED) is 0.570. The number of fused-ring (bicyclic) bond motifs is 9. The van der Waals surface area contributed by atoms with E-state index in [4.69, 9.17) is 4.74 Å². The highest BCUT2D eigenvalue weighted by molar-refractivity contribution is 5.75. The van der Waals surface area contributed by atoms with E-state index < -0.39 is 0 Å². The molecule has 0 aliphatic heterocycles. The SMILES string of the molecule is CCC(C)(C)C(=O)OCC1CC2CC1C1C3CCC(C3)C21. The Kier molecular flexibility index (Phi) is 3.17. The topological polar surface area (TPSA) is 26.3 Å². The maximum absolute atomic E-state index is 12.2. The lowest BCUT2D eigenvalue weighted by Crippen LogP contribution is -2.35. The predicted octanol–water partition coefficient (Wildman–Crippen LogP) is 4.28. The summed E-state index contributed by atoms with van der Waals surface area (Å²) in [5.74, 6) is 6.70. The van der Waals surface area contributed by atoms with Crippen molar-refractivity contribution in [3.8, 4) is 0 Å². The van der Waals surface area contributed by atoms with Crippen LogP contribution in [-0.4, -0.2) is 12.6 Å². The molecule has 7 unspecified atom stereocenters. The number of rotatable bonds is 4. The van der Waals surface area contributed by atoms with Crippen LogP contribution in [0.2, 0.25) is 0 Å². The first-order valence-electron chi connectivity index (χ1n) is 9.18. The van der Waals surface area contributed by atoms with Crippen molar-refractivity contribution in [1.29, 1.82) is 0 Å². The van der Waals surface area contributed by atoms with E-state index in [1.165, 1.54) is 32.1 Å². The van der Waals surface area contributed by atoms with Gasteiger partial charge in [0, 0.05) is 0 Å². The summed E-state index contributed by atoms with van der Waals surface area (Å²) >= 11 is 0. The molecule has 0 heterocycles. The van der Waals surface area contributed by atoms with Gasteiger partial charge in [-0.3, -0.25) is 4.79 Å². The summed E-state index contributed by atoms with van der Waals surface area (Å²) in [5, 5.41) is 0. The molecule has 0 amide bonds. The van der Waals surface area contributed by atoms with Crippen molar-refractivity contribution in [2.45, 2.75) is 59.3 Å². The molecule has 4 saturated carbocycles. The summed E-state index contributed by atoms with van der Waals surface area (Å²) in [6, 6.07) is 0. The molecule has 7 atom stereocenters. The first kappa shape index (κ1) is 14.1. The van der Waals surface area contributed by atoms with Crippen molar-refractivity contribution >= 4 is 5.97 Å². The smallest absolute Gasteiger partial charge is 0.311 e. The zero-order valence-electron chi connectivity index (χ0n) is 13.8. The minimum absolute atomic E-state index is 0.0114. The van der Waals surface area contributed by atoms with Crippen LogP contribution in [0.5, 0.6) is 0 Å². The van der Waals surface area contributed by atoms with Gasteiger partial charge in [-0.1, -0.05) is 6.92 Å². The van der Waals surface area contributed by atoms with Crippen LogP contribution in [0.25, 0.3) is 0 Å². The molecular formula is C19H30O2. The van der Waals surface area contributed by atoms with Crippen LogP contribution in [0.1, 0.15) is 59.3 Å². The average molecular weight is 290 g/mol. The van der Waals surface area contributed by atoms with Gasteiger partial charge in [-0.2, -0.15) is 0 Å². The van der Waals surface area contributed by atoms with Crippen LogP contribution < -0.4 is 0 Å². The van der Waals surface area contributed by atoms with Gasteiger partial charge in [-0.05, 0) is 93.8 Å². The van der Waals surface area contributed by atoms with E-state index in [0.29, 0.717) is 12.5 Å². The van der Waals surface area contributed by atoms with E-state index in [0.717, 1.165) is 41.9 Å². The maximum Gasteiger partial charge on any atom is 0.311 e. The Hall–Kier alpha value is -0.530. The molecule has 4 rings (SSSR count). The Labute approximate surface area is 129 Å². The van der Waals surface area contributed by atoms with Gasteiger partial charge in [-0.25, -0.2) is 0 Å². The van der Waals surface area contributed by atoms with Gasteiger partial charge in [0.05, 0.1) is 12.0 Å². The zero-order valence-corrected chi connectivity index (χ0v) is 13.8. The molecule has 4 aliphatic rings. The van der Waals surface area contributed by atoms with E-state index in [1.807, 2.05) is 13.8 Å². The average Bonchev–Trinajstić information content (AvgIpc) is 3.21. The summed E-state index contributed by atoms with van der Waals surface area (Å²) in [6.07, 6.45) is 8.18. The van der Waals surface area contributed by atoms with Gasteiger partial charge < -0.3 is 4.74 Å². The van der Waals surface area contributed by atoms with E-state index in [2.05, 4.69) is 6.92 Å². The highest BCUT2D eigenvalue weighted by Crippen LogP contribution is 2.68. The second-order valence-corrected chi connectivity index (χ2v) is 8.98. The number of ether oxygens (including phenoxy) is 1. The van der Waals surface area contributed by atoms with Gasteiger partial charge >= 0.3 is 5.97 Å². The lowest BCUT2D eigenvalue weighted by atomic mass is 9.68. The normalized spacial score (nSPS) is 46.9. The fourth-order valence-electron chi connectivity index (χ4n) is 6.42. The Bertz CT molecular complexity index is 441. The molecule has 118 valence electrons. The van der Waals surface area contributed by atoms with Gasteiger partial charge in [0.1, 0.15) is 0 Å². The van der Waals surface area contributed by atoms with Crippen molar-refractivity contribution in [2.24, 2.45) is 46.8 Å². The largest absolute Gasteiger partial charge is 0.465 e. The first-order chi connectivity index (χ1) is 10.0. The summed E-state index contributed by atoms with van der Waals surface area (Å²) in [6.45, 7) is 6.77. The molecule has 0 saturated heterocycles. The lowest BCUT2D eigenvalue weighted by Gasteiger charge is -2.38. The van der Waals surface area contributed by atoms with Gasteiger partial charge in [0.2, 0.25) is 0 Å². The zero-order chi connectivity index (χ0) is 14.8. The molecule has 4 bridgehead atoms. The van der Waals surface area contributed by atoms with Crippen LogP contribution in [-0.2, 0) is 9.53 Å². The molecule has 4 fully saturated rings. The Morgan fingerprint density at radius 3 is 2.48 bits per heavy atom. The van der Waals surface area contributed by atoms with Crippen LogP contribution in [0.3, 0.4) is 0 Å². The molecule has 0 radical (unpaired) electrons. The summed E-state index contributed by atoms with van der Waals surface area (Å²) in [7, 11) is 0. The van der Waals surface area contributed by atoms with Crippen molar-refractivity contribution in [3.05, 3.63) is 0 Å². The highest BCUT2D eigenvalue weighted by Gasteiger charge is 2.62. The molecule has 21 heavy (non-hydrogen) atoms. The molecular weight excluding hydrogens is 260 g/mol. The van der Waals surface area contributed by atoms with E-state index in [9.17, 15) is 4.79 Å². The van der Waals surface area contributed by atoms with Gasteiger partial charge in [-0.15, -0.1) is 0 Å². The highest BCUT2D eigenvalue weighted by atomic mass is 16.5. The number of esters is 1. The third-order valence-electron chi connectivity index (χ3n) is 7.74.